The number of ether oxygens (including phenoxy) is 2. The van der Waals surface area contributed by atoms with Gasteiger partial charge in [0.25, 0.3) is 5.91 Å². The Morgan fingerprint density at radius 2 is 1.83 bits per heavy atom. The SMILES string of the molecule is COc1ccc(C=O)cc1OCC(=O)Nc1ccc(C(C)C)cc1. The minimum absolute atomic E-state index is 0.176. The molecule has 1 N–H and O–H groups in total. The fourth-order valence-electron chi connectivity index (χ4n) is 2.17. The predicted octanol–water partition coefficient (Wildman–Crippen LogP) is 3.65. The van der Waals surface area contributed by atoms with E-state index in [1.54, 1.807) is 12.1 Å². The number of hydrogen-bond acceptors (Lipinski definition) is 4. The van der Waals surface area contributed by atoms with Crippen molar-refractivity contribution in [1.29, 1.82) is 0 Å². The van der Waals surface area contributed by atoms with Crippen LogP contribution < -0.4 is 14.8 Å². The summed E-state index contributed by atoms with van der Waals surface area (Å²) < 4.78 is 10.6. The normalized spacial score (nSPS) is 10.3. The Balaban J connectivity index is 1.97. The fraction of sp³-hybridized carbons (Fsp3) is 0.263. The molecule has 1 amide bonds. The smallest absolute Gasteiger partial charge is 0.262 e. The molecule has 0 unspecified atom stereocenters. The Hall–Kier alpha value is -2.82. The summed E-state index contributed by atoms with van der Waals surface area (Å²) in [5, 5.41) is 2.77. The van der Waals surface area contributed by atoms with Gasteiger partial charge in [-0.1, -0.05) is 26.0 Å². The van der Waals surface area contributed by atoms with Gasteiger partial charge >= 0.3 is 0 Å². The molecule has 0 bridgehead atoms. The highest BCUT2D eigenvalue weighted by Gasteiger charge is 2.09. The van der Waals surface area contributed by atoms with E-state index in [0.29, 0.717) is 35.0 Å². The second-order valence-corrected chi connectivity index (χ2v) is 5.64. The summed E-state index contributed by atoms with van der Waals surface area (Å²) in [5.74, 6) is 0.976. The highest BCUT2D eigenvalue weighted by atomic mass is 16.5. The molecule has 0 fully saturated rings. The fourth-order valence-corrected chi connectivity index (χ4v) is 2.17. The molecule has 5 nitrogen and oxygen atoms in total. The van der Waals surface area contributed by atoms with E-state index >= 15 is 0 Å². The summed E-state index contributed by atoms with van der Waals surface area (Å²) in [6.45, 7) is 4.05. The van der Waals surface area contributed by atoms with E-state index in [2.05, 4.69) is 19.2 Å². The number of benzene rings is 2. The van der Waals surface area contributed by atoms with Crippen LogP contribution >= 0.6 is 0 Å². The van der Waals surface area contributed by atoms with E-state index in [-0.39, 0.29) is 12.5 Å². The van der Waals surface area contributed by atoms with E-state index in [1.165, 1.54) is 18.7 Å². The average Bonchev–Trinajstić information content (AvgIpc) is 2.60. The number of carbonyl (C=O) groups is 2. The molecular weight excluding hydrogens is 306 g/mol. The van der Waals surface area contributed by atoms with Crippen LogP contribution in [-0.4, -0.2) is 25.9 Å². The van der Waals surface area contributed by atoms with Crippen molar-refractivity contribution in [3.05, 3.63) is 53.6 Å². The number of aldehydes is 1. The van der Waals surface area contributed by atoms with Crippen LogP contribution in [0.4, 0.5) is 5.69 Å². The minimum atomic E-state index is -0.286. The van der Waals surface area contributed by atoms with Gasteiger partial charge in [-0.05, 0) is 41.8 Å². The number of anilines is 1. The molecule has 2 rings (SSSR count). The Morgan fingerprint density at radius 3 is 2.42 bits per heavy atom. The molecule has 0 spiro atoms. The molecule has 0 saturated carbocycles. The zero-order valence-electron chi connectivity index (χ0n) is 14.0. The predicted molar refractivity (Wildman–Crippen MR) is 93.0 cm³/mol. The number of rotatable bonds is 7. The Morgan fingerprint density at radius 1 is 1.12 bits per heavy atom. The van der Waals surface area contributed by atoms with Gasteiger partial charge in [0.1, 0.15) is 6.29 Å². The van der Waals surface area contributed by atoms with Crippen LogP contribution in [0.25, 0.3) is 0 Å². The van der Waals surface area contributed by atoms with Crippen LogP contribution in [0.2, 0.25) is 0 Å². The van der Waals surface area contributed by atoms with Crippen LogP contribution in [0, 0.1) is 0 Å². The number of amides is 1. The first-order chi connectivity index (χ1) is 11.5. The highest BCUT2D eigenvalue weighted by Crippen LogP contribution is 2.27. The van der Waals surface area contributed by atoms with Crippen LogP contribution in [0.5, 0.6) is 11.5 Å². The highest BCUT2D eigenvalue weighted by molar-refractivity contribution is 5.92. The number of nitrogens with one attached hydrogen (secondary N) is 1. The maximum atomic E-state index is 12.0. The Bertz CT molecular complexity index is 708. The molecule has 0 radical (unpaired) electrons. The number of carbonyl (C=O) groups excluding carboxylic acids is 2. The largest absolute Gasteiger partial charge is 0.493 e. The molecule has 126 valence electrons. The summed E-state index contributed by atoms with van der Waals surface area (Å²) >= 11 is 0. The molecule has 0 heterocycles. The lowest BCUT2D eigenvalue weighted by Crippen LogP contribution is -2.20. The van der Waals surface area contributed by atoms with Crippen LogP contribution in [-0.2, 0) is 4.79 Å². The van der Waals surface area contributed by atoms with Crippen LogP contribution in [0.1, 0.15) is 35.7 Å². The van der Waals surface area contributed by atoms with Crippen molar-refractivity contribution in [3.63, 3.8) is 0 Å². The van der Waals surface area contributed by atoms with Crippen molar-refractivity contribution in [3.8, 4) is 11.5 Å². The van der Waals surface area contributed by atoms with Gasteiger partial charge in [-0.3, -0.25) is 9.59 Å². The summed E-state index contributed by atoms with van der Waals surface area (Å²) in [4.78, 5) is 22.8. The van der Waals surface area contributed by atoms with Gasteiger partial charge in [-0.25, -0.2) is 0 Å². The lowest BCUT2D eigenvalue weighted by Gasteiger charge is -2.12. The van der Waals surface area contributed by atoms with Crippen molar-refractivity contribution in [1.82, 2.24) is 0 Å². The summed E-state index contributed by atoms with van der Waals surface area (Å²) in [6, 6.07) is 12.5. The molecule has 0 saturated heterocycles. The van der Waals surface area contributed by atoms with E-state index in [4.69, 9.17) is 9.47 Å². The zero-order chi connectivity index (χ0) is 17.5. The molecule has 0 aliphatic carbocycles. The van der Waals surface area contributed by atoms with Gasteiger partial charge in [0.05, 0.1) is 7.11 Å². The van der Waals surface area contributed by atoms with Crippen LogP contribution in [0.15, 0.2) is 42.5 Å². The third-order valence-electron chi connectivity index (χ3n) is 3.54. The van der Waals surface area contributed by atoms with Gasteiger partial charge in [0.2, 0.25) is 0 Å². The molecule has 5 heteroatoms. The van der Waals surface area contributed by atoms with Crippen molar-refractivity contribution in [2.75, 3.05) is 19.0 Å². The van der Waals surface area contributed by atoms with Crippen LogP contribution in [0.3, 0.4) is 0 Å². The van der Waals surface area contributed by atoms with E-state index in [0.717, 1.165) is 0 Å². The molecule has 0 aliphatic rings. The molecule has 0 aromatic heterocycles. The monoisotopic (exact) mass is 327 g/mol. The third-order valence-corrected chi connectivity index (χ3v) is 3.54. The molecule has 0 aliphatic heterocycles. The van der Waals surface area contributed by atoms with Gasteiger partial charge in [-0.2, -0.15) is 0 Å². The first-order valence-electron chi connectivity index (χ1n) is 7.69. The molecular formula is C19H21NO4. The second-order valence-electron chi connectivity index (χ2n) is 5.64. The zero-order valence-corrected chi connectivity index (χ0v) is 14.0. The summed E-state index contributed by atoms with van der Waals surface area (Å²) in [5.41, 5.74) is 2.37. The second kappa shape index (κ2) is 8.15. The van der Waals surface area contributed by atoms with E-state index in [1.807, 2.05) is 24.3 Å². The summed E-state index contributed by atoms with van der Waals surface area (Å²) in [7, 11) is 1.50. The van der Waals surface area contributed by atoms with Crippen molar-refractivity contribution in [2.45, 2.75) is 19.8 Å². The lowest BCUT2D eigenvalue weighted by atomic mass is 10.0. The maximum Gasteiger partial charge on any atom is 0.262 e. The van der Waals surface area contributed by atoms with Crippen molar-refractivity contribution < 1.29 is 19.1 Å². The lowest BCUT2D eigenvalue weighted by molar-refractivity contribution is -0.118. The minimum Gasteiger partial charge on any atom is -0.493 e. The quantitative estimate of drug-likeness (QED) is 0.788. The maximum absolute atomic E-state index is 12.0. The topological polar surface area (TPSA) is 64.6 Å². The molecule has 2 aromatic rings. The number of methoxy groups -OCH3 is 1. The van der Waals surface area contributed by atoms with Crippen molar-refractivity contribution >= 4 is 17.9 Å². The van der Waals surface area contributed by atoms with E-state index in [9.17, 15) is 9.59 Å². The van der Waals surface area contributed by atoms with Gasteiger partial charge < -0.3 is 14.8 Å². The van der Waals surface area contributed by atoms with Gasteiger partial charge in [-0.15, -0.1) is 0 Å². The number of hydrogen-bond donors (Lipinski definition) is 1. The third kappa shape index (κ3) is 4.59. The molecule has 2 aromatic carbocycles. The molecule has 24 heavy (non-hydrogen) atoms. The standard InChI is InChI=1S/C19H21NO4/c1-13(2)15-5-7-16(8-6-15)20-19(22)12-24-18-10-14(11-21)4-9-17(18)23-3/h4-11,13H,12H2,1-3H3,(H,20,22). The first kappa shape index (κ1) is 17.5. The van der Waals surface area contributed by atoms with E-state index < -0.39 is 0 Å². The Labute approximate surface area is 141 Å². The van der Waals surface area contributed by atoms with Gasteiger partial charge in [0.15, 0.2) is 18.1 Å². The average molecular weight is 327 g/mol. The summed E-state index contributed by atoms with van der Waals surface area (Å²) in [6.07, 6.45) is 0.711. The molecule has 0 atom stereocenters. The first-order valence-corrected chi connectivity index (χ1v) is 7.69. The van der Waals surface area contributed by atoms with Gasteiger partial charge in [0, 0.05) is 11.3 Å². The Kier molecular flexibility index (Phi) is 5.95. The van der Waals surface area contributed by atoms with Crippen molar-refractivity contribution in [2.24, 2.45) is 0 Å².